The van der Waals surface area contributed by atoms with Crippen LogP contribution in [0.4, 0.5) is 5.69 Å². The molecule has 0 radical (unpaired) electrons. The summed E-state index contributed by atoms with van der Waals surface area (Å²) in [5, 5.41) is 9.42. The van der Waals surface area contributed by atoms with E-state index in [1.165, 1.54) is 0 Å². The Bertz CT molecular complexity index is 518. The van der Waals surface area contributed by atoms with Gasteiger partial charge in [-0.05, 0) is 49.9 Å². The molecule has 1 atom stereocenters. The van der Waals surface area contributed by atoms with Crippen LogP contribution in [-0.4, -0.2) is 26.2 Å². The van der Waals surface area contributed by atoms with Gasteiger partial charge in [-0.1, -0.05) is 6.92 Å². The Hall–Kier alpha value is -1.11. The number of aliphatic hydroxyl groups excluding tert-OH is 1. The molecule has 0 bridgehead atoms. The van der Waals surface area contributed by atoms with Gasteiger partial charge in [-0.2, -0.15) is 0 Å². The summed E-state index contributed by atoms with van der Waals surface area (Å²) in [6, 6.07) is 3.28. The summed E-state index contributed by atoms with van der Waals surface area (Å²) in [5.41, 5.74) is 7.48. The zero-order valence-electron chi connectivity index (χ0n) is 11.6. The molecule has 0 aliphatic carbocycles. The summed E-state index contributed by atoms with van der Waals surface area (Å²) in [4.78, 5) is 0.271. The zero-order chi connectivity index (χ0) is 14.6. The molecular weight excluding hydrogens is 264 g/mol. The number of nitrogens with two attached hydrogens (primary N) is 1. The maximum atomic E-state index is 12.2. The predicted octanol–water partition coefficient (Wildman–Crippen LogP) is 1.32. The van der Waals surface area contributed by atoms with Crippen molar-refractivity contribution in [2.45, 2.75) is 44.6 Å². The molecule has 1 unspecified atom stereocenters. The lowest BCUT2D eigenvalue weighted by molar-refractivity contribution is 0.162. The molecule has 0 spiro atoms. The highest BCUT2D eigenvalue weighted by Gasteiger charge is 2.19. The Morgan fingerprint density at radius 2 is 1.84 bits per heavy atom. The summed E-state index contributed by atoms with van der Waals surface area (Å²) in [7, 11) is -3.56. The van der Waals surface area contributed by atoms with Crippen molar-refractivity contribution in [3.63, 3.8) is 0 Å². The molecule has 0 aliphatic rings. The second-order valence-electron chi connectivity index (χ2n) is 4.73. The van der Waals surface area contributed by atoms with Crippen LogP contribution in [0.25, 0.3) is 0 Å². The van der Waals surface area contributed by atoms with Crippen LogP contribution in [0, 0.1) is 13.8 Å². The number of aliphatic hydroxyl groups is 1. The lowest BCUT2D eigenvalue weighted by Crippen LogP contribution is -2.28. The molecular formula is C13H22N2O3S. The van der Waals surface area contributed by atoms with E-state index in [1.807, 2.05) is 6.92 Å². The Kier molecular flexibility index (Phi) is 5.34. The summed E-state index contributed by atoms with van der Waals surface area (Å²) < 4.78 is 27.0. The molecule has 0 heterocycles. The van der Waals surface area contributed by atoms with Crippen LogP contribution < -0.4 is 10.5 Å². The Labute approximate surface area is 114 Å². The number of nitrogens with one attached hydrogen (secondary N) is 1. The summed E-state index contributed by atoms with van der Waals surface area (Å²) in [6.07, 6.45) is 0.543. The van der Waals surface area contributed by atoms with E-state index in [2.05, 4.69) is 4.72 Å². The van der Waals surface area contributed by atoms with Crippen LogP contribution in [0.5, 0.6) is 0 Å². The average Bonchev–Trinajstić information content (AvgIpc) is 2.26. The number of hydrogen-bond acceptors (Lipinski definition) is 4. The molecule has 0 saturated heterocycles. The quantitative estimate of drug-likeness (QED) is 0.688. The smallest absolute Gasteiger partial charge is 0.241 e. The van der Waals surface area contributed by atoms with Crippen LogP contribution >= 0.6 is 0 Å². The van der Waals surface area contributed by atoms with Gasteiger partial charge in [-0.25, -0.2) is 13.1 Å². The topological polar surface area (TPSA) is 92.4 Å². The van der Waals surface area contributed by atoms with Gasteiger partial charge in [0.2, 0.25) is 10.0 Å². The highest BCUT2D eigenvalue weighted by Crippen LogP contribution is 2.22. The molecule has 0 aromatic heterocycles. The standard InChI is InChI=1S/C13H22N2O3S/c1-4-12(16)5-6-15-19(17,18)13-9(2)7-11(14)8-10(13)3/h7-8,12,15-16H,4-6,14H2,1-3H3. The fraction of sp³-hybridized carbons (Fsp3) is 0.538. The average molecular weight is 286 g/mol. The van der Waals surface area contributed by atoms with Crippen molar-refractivity contribution < 1.29 is 13.5 Å². The van der Waals surface area contributed by atoms with Crippen molar-refractivity contribution in [1.29, 1.82) is 0 Å². The highest BCUT2D eigenvalue weighted by atomic mass is 32.2. The summed E-state index contributed by atoms with van der Waals surface area (Å²) in [6.45, 7) is 5.52. The van der Waals surface area contributed by atoms with E-state index >= 15 is 0 Å². The van der Waals surface area contributed by atoms with Crippen molar-refractivity contribution in [2.75, 3.05) is 12.3 Å². The first kappa shape index (κ1) is 15.9. The fourth-order valence-electron chi connectivity index (χ4n) is 2.04. The number of hydrogen-bond donors (Lipinski definition) is 3. The van der Waals surface area contributed by atoms with Crippen molar-refractivity contribution in [3.05, 3.63) is 23.3 Å². The van der Waals surface area contributed by atoms with E-state index in [0.29, 0.717) is 29.7 Å². The summed E-state index contributed by atoms with van der Waals surface area (Å²) in [5.74, 6) is 0. The molecule has 0 aliphatic heterocycles. The van der Waals surface area contributed by atoms with Gasteiger partial charge in [0.25, 0.3) is 0 Å². The number of rotatable bonds is 6. The van der Waals surface area contributed by atoms with Crippen LogP contribution in [0.1, 0.15) is 30.9 Å². The second kappa shape index (κ2) is 6.36. The molecule has 108 valence electrons. The van der Waals surface area contributed by atoms with Crippen LogP contribution in [0.15, 0.2) is 17.0 Å². The molecule has 1 rings (SSSR count). The fourth-order valence-corrected chi connectivity index (χ4v) is 3.54. The molecule has 5 nitrogen and oxygen atoms in total. The van der Waals surface area contributed by atoms with Gasteiger partial charge in [0, 0.05) is 12.2 Å². The minimum absolute atomic E-state index is 0.223. The van der Waals surface area contributed by atoms with E-state index in [1.54, 1.807) is 26.0 Å². The third-order valence-electron chi connectivity index (χ3n) is 2.99. The normalized spacial score (nSPS) is 13.5. The first-order valence-corrected chi connectivity index (χ1v) is 7.80. The van der Waals surface area contributed by atoms with Crippen LogP contribution in [-0.2, 0) is 10.0 Å². The van der Waals surface area contributed by atoms with Gasteiger partial charge in [0.05, 0.1) is 11.0 Å². The van der Waals surface area contributed by atoms with Gasteiger partial charge >= 0.3 is 0 Å². The lowest BCUT2D eigenvalue weighted by atomic mass is 10.1. The molecule has 4 N–H and O–H groups in total. The predicted molar refractivity (Wildman–Crippen MR) is 76.4 cm³/mol. The molecule has 1 aromatic carbocycles. The maximum absolute atomic E-state index is 12.2. The number of anilines is 1. The number of nitrogen functional groups attached to an aromatic ring is 1. The van der Waals surface area contributed by atoms with Crippen LogP contribution in [0.3, 0.4) is 0 Å². The van der Waals surface area contributed by atoms with Gasteiger partial charge in [0.15, 0.2) is 0 Å². The van der Waals surface area contributed by atoms with E-state index in [0.717, 1.165) is 0 Å². The maximum Gasteiger partial charge on any atom is 0.241 e. The lowest BCUT2D eigenvalue weighted by Gasteiger charge is -2.14. The first-order chi connectivity index (χ1) is 8.77. The number of sulfonamides is 1. The van der Waals surface area contributed by atoms with E-state index in [9.17, 15) is 13.5 Å². The molecule has 0 fully saturated rings. The second-order valence-corrected chi connectivity index (χ2v) is 6.44. The molecule has 0 saturated carbocycles. The Morgan fingerprint density at radius 3 is 2.32 bits per heavy atom. The first-order valence-electron chi connectivity index (χ1n) is 6.32. The Balaban J connectivity index is 2.89. The highest BCUT2D eigenvalue weighted by molar-refractivity contribution is 7.89. The third-order valence-corrected chi connectivity index (χ3v) is 4.76. The van der Waals surface area contributed by atoms with Crippen molar-refractivity contribution in [1.82, 2.24) is 4.72 Å². The molecule has 1 aromatic rings. The van der Waals surface area contributed by atoms with Gasteiger partial charge in [-0.15, -0.1) is 0 Å². The van der Waals surface area contributed by atoms with E-state index in [4.69, 9.17) is 5.73 Å². The minimum atomic E-state index is -3.56. The Morgan fingerprint density at radius 1 is 1.32 bits per heavy atom. The van der Waals surface area contributed by atoms with E-state index < -0.39 is 16.1 Å². The molecule has 0 amide bonds. The number of benzene rings is 1. The summed E-state index contributed by atoms with van der Waals surface area (Å²) >= 11 is 0. The van der Waals surface area contributed by atoms with Crippen molar-refractivity contribution in [2.24, 2.45) is 0 Å². The zero-order valence-corrected chi connectivity index (χ0v) is 12.4. The monoisotopic (exact) mass is 286 g/mol. The van der Waals surface area contributed by atoms with Crippen LogP contribution in [0.2, 0.25) is 0 Å². The third kappa shape index (κ3) is 4.19. The number of aryl methyl sites for hydroxylation is 2. The van der Waals surface area contributed by atoms with Gasteiger partial charge < -0.3 is 10.8 Å². The van der Waals surface area contributed by atoms with Gasteiger partial charge in [-0.3, -0.25) is 0 Å². The largest absolute Gasteiger partial charge is 0.399 e. The minimum Gasteiger partial charge on any atom is -0.399 e. The van der Waals surface area contributed by atoms with Gasteiger partial charge in [0.1, 0.15) is 0 Å². The van der Waals surface area contributed by atoms with Crippen molar-refractivity contribution >= 4 is 15.7 Å². The SMILES string of the molecule is CCC(O)CCNS(=O)(=O)c1c(C)cc(N)cc1C. The molecule has 19 heavy (non-hydrogen) atoms. The van der Waals surface area contributed by atoms with Crippen molar-refractivity contribution in [3.8, 4) is 0 Å². The van der Waals surface area contributed by atoms with E-state index in [-0.39, 0.29) is 11.4 Å². The molecule has 6 heteroatoms.